The van der Waals surface area contributed by atoms with Gasteiger partial charge < -0.3 is 15.2 Å². The van der Waals surface area contributed by atoms with Crippen molar-refractivity contribution in [3.8, 4) is 0 Å². The van der Waals surface area contributed by atoms with Crippen LogP contribution in [0.15, 0.2) is 30.3 Å². The van der Waals surface area contributed by atoms with Crippen molar-refractivity contribution in [2.75, 3.05) is 26.4 Å². The van der Waals surface area contributed by atoms with Gasteiger partial charge in [0, 0.05) is 31.2 Å². The summed E-state index contributed by atoms with van der Waals surface area (Å²) in [5.41, 5.74) is 1.49. The van der Waals surface area contributed by atoms with Gasteiger partial charge in [0.05, 0.1) is 6.61 Å². The van der Waals surface area contributed by atoms with E-state index in [-0.39, 0.29) is 12.0 Å². The molecule has 1 aromatic rings. The number of hydrogen-bond donors (Lipinski definition) is 2. The van der Waals surface area contributed by atoms with Crippen molar-refractivity contribution >= 4 is 0 Å². The molecule has 2 N–H and O–H groups in total. The molecule has 3 heteroatoms. The van der Waals surface area contributed by atoms with Gasteiger partial charge in [0.2, 0.25) is 0 Å². The molecular formula is C19H29NO2. The Kier molecular flexibility index (Phi) is 5.51. The Morgan fingerprint density at radius 2 is 1.82 bits per heavy atom. The molecular weight excluding hydrogens is 274 g/mol. The molecule has 2 fully saturated rings. The standard InChI is InChI=1S/C19H29NO2/c21-15-19(10-12-22-13-11-19)14-20-18-9-5-4-8-17(18)16-6-2-1-3-7-16/h1-3,6-7,17-18,20-21H,4-5,8-15H2/t17-,18+/m0/s1. The summed E-state index contributed by atoms with van der Waals surface area (Å²) in [6, 6.07) is 11.5. The highest BCUT2D eigenvalue weighted by Gasteiger charge is 2.34. The first-order valence-corrected chi connectivity index (χ1v) is 8.80. The largest absolute Gasteiger partial charge is 0.396 e. The lowest BCUT2D eigenvalue weighted by Gasteiger charge is -2.39. The van der Waals surface area contributed by atoms with E-state index in [2.05, 4.69) is 35.6 Å². The minimum absolute atomic E-state index is 0.0247. The molecule has 1 aliphatic heterocycles. The number of hydrogen-bond acceptors (Lipinski definition) is 3. The maximum Gasteiger partial charge on any atom is 0.0501 e. The topological polar surface area (TPSA) is 41.5 Å². The van der Waals surface area contributed by atoms with Crippen LogP contribution in [0.3, 0.4) is 0 Å². The van der Waals surface area contributed by atoms with E-state index in [1.54, 1.807) is 0 Å². The highest BCUT2D eigenvalue weighted by molar-refractivity contribution is 5.22. The first-order valence-electron chi connectivity index (χ1n) is 8.80. The van der Waals surface area contributed by atoms with E-state index in [9.17, 15) is 5.11 Å². The molecule has 0 spiro atoms. The predicted octanol–water partition coefficient (Wildman–Crippen LogP) is 3.09. The van der Waals surface area contributed by atoms with Gasteiger partial charge in [0.25, 0.3) is 0 Å². The molecule has 1 aromatic carbocycles. The van der Waals surface area contributed by atoms with Crippen LogP contribution in [0.5, 0.6) is 0 Å². The summed E-state index contributed by atoms with van der Waals surface area (Å²) in [6.45, 7) is 2.76. The molecule has 0 unspecified atom stereocenters. The summed E-state index contributed by atoms with van der Waals surface area (Å²) in [4.78, 5) is 0. The number of rotatable bonds is 5. The van der Waals surface area contributed by atoms with Crippen LogP contribution in [0.2, 0.25) is 0 Å². The molecule has 3 nitrogen and oxygen atoms in total. The van der Waals surface area contributed by atoms with Crippen molar-refractivity contribution in [2.24, 2.45) is 5.41 Å². The molecule has 1 heterocycles. The molecule has 2 atom stereocenters. The number of aliphatic hydroxyl groups excluding tert-OH is 1. The molecule has 22 heavy (non-hydrogen) atoms. The van der Waals surface area contributed by atoms with E-state index in [0.29, 0.717) is 12.0 Å². The maximum absolute atomic E-state index is 9.86. The Morgan fingerprint density at radius 3 is 2.55 bits per heavy atom. The van der Waals surface area contributed by atoms with Crippen LogP contribution in [0, 0.1) is 5.41 Å². The summed E-state index contributed by atoms with van der Waals surface area (Å²) in [6.07, 6.45) is 7.11. The number of aliphatic hydroxyl groups is 1. The second kappa shape index (κ2) is 7.58. The Hall–Kier alpha value is -0.900. The summed E-state index contributed by atoms with van der Waals surface area (Å²) >= 11 is 0. The Balaban J connectivity index is 1.64. The molecule has 2 aliphatic rings. The summed E-state index contributed by atoms with van der Waals surface area (Å²) in [7, 11) is 0. The monoisotopic (exact) mass is 303 g/mol. The average molecular weight is 303 g/mol. The fraction of sp³-hybridized carbons (Fsp3) is 0.684. The summed E-state index contributed by atoms with van der Waals surface area (Å²) in [5, 5.41) is 13.7. The lowest BCUT2D eigenvalue weighted by atomic mass is 9.77. The third-order valence-electron chi connectivity index (χ3n) is 5.62. The van der Waals surface area contributed by atoms with Crippen molar-refractivity contribution in [1.29, 1.82) is 0 Å². The lowest BCUT2D eigenvalue weighted by molar-refractivity contribution is -0.0173. The van der Waals surface area contributed by atoms with E-state index in [0.717, 1.165) is 32.6 Å². The predicted molar refractivity (Wildman–Crippen MR) is 89.0 cm³/mol. The molecule has 1 saturated heterocycles. The minimum Gasteiger partial charge on any atom is -0.396 e. The fourth-order valence-corrected chi connectivity index (χ4v) is 4.02. The molecule has 0 aromatic heterocycles. The zero-order valence-corrected chi connectivity index (χ0v) is 13.5. The van der Waals surface area contributed by atoms with Crippen molar-refractivity contribution in [1.82, 2.24) is 5.32 Å². The van der Waals surface area contributed by atoms with E-state index < -0.39 is 0 Å². The molecule has 0 radical (unpaired) electrons. The average Bonchev–Trinajstić information content (AvgIpc) is 2.62. The highest BCUT2D eigenvalue weighted by atomic mass is 16.5. The molecule has 1 saturated carbocycles. The second-order valence-corrected chi connectivity index (χ2v) is 7.06. The fourth-order valence-electron chi connectivity index (χ4n) is 4.02. The molecule has 0 amide bonds. The number of nitrogens with one attached hydrogen (secondary N) is 1. The van der Waals surface area contributed by atoms with Gasteiger partial charge >= 0.3 is 0 Å². The van der Waals surface area contributed by atoms with Crippen LogP contribution in [-0.4, -0.2) is 37.5 Å². The highest BCUT2D eigenvalue weighted by Crippen LogP contribution is 2.35. The van der Waals surface area contributed by atoms with E-state index in [1.807, 2.05) is 0 Å². The van der Waals surface area contributed by atoms with Crippen molar-refractivity contribution < 1.29 is 9.84 Å². The zero-order chi connectivity index (χ0) is 15.3. The van der Waals surface area contributed by atoms with E-state index >= 15 is 0 Å². The van der Waals surface area contributed by atoms with Crippen LogP contribution < -0.4 is 5.32 Å². The van der Waals surface area contributed by atoms with Crippen LogP contribution in [-0.2, 0) is 4.74 Å². The van der Waals surface area contributed by atoms with Gasteiger partial charge in [-0.1, -0.05) is 43.2 Å². The quantitative estimate of drug-likeness (QED) is 0.878. The Labute approximate surface area is 134 Å². The number of ether oxygens (including phenoxy) is 1. The molecule has 1 aliphatic carbocycles. The lowest BCUT2D eigenvalue weighted by Crippen LogP contribution is -2.47. The van der Waals surface area contributed by atoms with Gasteiger partial charge in [-0.2, -0.15) is 0 Å². The normalized spacial score (nSPS) is 28.4. The SMILES string of the molecule is OCC1(CN[C@@H]2CCCC[C@H]2c2ccccc2)CCOCC1. The molecule has 0 bridgehead atoms. The van der Waals surface area contributed by atoms with Gasteiger partial charge in [-0.15, -0.1) is 0 Å². The third kappa shape index (κ3) is 3.70. The van der Waals surface area contributed by atoms with Gasteiger partial charge in [-0.25, -0.2) is 0 Å². The number of benzene rings is 1. The van der Waals surface area contributed by atoms with Crippen molar-refractivity contribution in [2.45, 2.75) is 50.5 Å². The van der Waals surface area contributed by atoms with Crippen molar-refractivity contribution in [3.63, 3.8) is 0 Å². The first kappa shape index (κ1) is 16.0. The van der Waals surface area contributed by atoms with E-state index in [4.69, 9.17) is 4.74 Å². The van der Waals surface area contributed by atoms with E-state index in [1.165, 1.54) is 31.2 Å². The minimum atomic E-state index is 0.0247. The summed E-state index contributed by atoms with van der Waals surface area (Å²) < 4.78 is 5.47. The van der Waals surface area contributed by atoms with Gasteiger partial charge in [-0.3, -0.25) is 0 Å². The van der Waals surface area contributed by atoms with Crippen LogP contribution >= 0.6 is 0 Å². The third-order valence-corrected chi connectivity index (χ3v) is 5.62. The molecule has 122 valence electrons. The second-order valence-electron chi connectivity index (χ2n) is 7.06. The van der Waals surface area contributed by atoms with Gasteiger partial charge in [0.15, 0.2) is 0 Å². The van der Waals surface area contributed by atoms with Crippen molar-refractivity contribution in [3.05, 3.63) is 35.9 Å². The zero-order valence-electron chi connectivity index (χ0n) is 13.5. The molecule has 3 rings (SSSR count). The first-order chi connectivity index (χ1) is 10.8. The maximum atomic E-state index is 9.86. The summed E-state index contributed by atoms with van der Waals surface area (Å²) in [5.74, 6) is 0.616. The Bertz CT molecular complexity index is 442. The van der Waals surface area contributed by atoms with Crippen LogP contribution in [0.1, 0.15) is 50.0 Å². The van der Waals surface area contributed by atoms with Gasteiger partial charge in [0.1, 0.15) is 0 Å². The van der Waals surface area contributed by atoms with Crippen LogP contribution in [0.4, 0.5) is 0 Å². The van der Waals surface area contributed by atoms with Crippen LogP contribution in [0.25, 0.3) is 0 Å². The van der Waals surface area contributed by atoms with Gasteiger partial charge in [-0.05, 0) is 37.2 Å². The smallest absolute Gasteiger partial charge is 0.0501 e. The Morgan fingerprint density at radius 1 is 1.09 bits per heavy atom.